The fourth-order valence-electron chi connectivity index (χ4n) is 5.43. The van der Waals surface area contributed by atoms with E-state index in [1.54, 1.807) is 12.3 Å². The molecule has 0 amide bonds. The number of rotatable bonds is 5. The first-order chi connectivity index (χ1) is 18.8. The Kier molecular flexibility index (Phi) is 6.12. The van der Waals surface area contributed by atoms with Crippen molar-refractivity contribution in [1.82, 2.24) is 24.7 Å². The van der Waals surface area contributed by atoms with Crippen molar-refractivity contribution in [1.29, 1.82) is 0 Å². The highest BCUT2D eigenvalue weighted by Crippen LogP contribution is 2.39. The lowest BCUT2D eigenvalue weighted by Gasteiger charge is -2.27. The standard InChI is InChI=1S/C29H26F4N6/c1-3-17-6-5-7-18(4-2)26(17)39-27(21-8-9-23(30)25-20(21)10-12-34-25)22-16-38(13-11-24(22)37-39)28-35-14-19(15-36-28)29(31,32)33/h5-10,12,14-15,34H,3-4,11,13,16H2,1-2H3. The van der Waals surface area contributed by atoms with Gasteiger partial charge in [-0.25, -0.2) is 19.0 Å². The van der Waals surface area contributed by atoms with Crippen LogP contribution in [0.15, 0.2) is 55.0 Å². The zero-order valence-electron chi connectivity index (χ0n) is 21.5. The molecule has 0 bridgehead atoms. The van der Waals surface area contributed by atoms with Gasteiger partial charge in [0.25, 0.3) is 0 Å². The van der Waals surface area contributed by atoms with Gasteiger partial charge in [0.15, 0.2) is 0 Å². The number of hydrogen-bond donors (Lipinski definition) is 1. The van der Waals surface area contributed by atoms with Crippen LogP contribution in [0.25, 0.3) is 27.8 Å². The molecule has 200 valence electrons. The Morgan fingerprint density at radius 1 is 0.974 bits per heavy atom. The number of para-hydroxylation sites is 1. The van der Waals surface area contributed by atoms with Gasteiger partial charge in [0, 0.05) is 54.6 Å². The lowest BCUT2D eigenvalue weighted by Crippen LogP contribution is -2.31. The Morgan fingerprint density at radius 3 is 2.36 bits per heavy atom. The molecule has 10 heteroatoms. The second kappa shape index (κ2) is 9.52. The zero-order chi connectivity index (χ0) is 27.3. The van der Waals surface area contributed by atoms with E-state index in [0.29, 0.717) is 25.0 Å². The molecule has 0 unspecified atom stereocenters. The summed E-state index contributed by atoms with van der Waals surface area (Å²) >= 11 is 0. The van der Waals surface area contributed by atoms with Crippen LogP contribution < -0.4 is 4.90 Å². The van der Waals surface area contributed by atoms with Crippen molar-refractivity contribution in [3.05, 3.63) is 88.8 Å². The number of nitrogens with zero attached hydrogens (tertiary/aromatic N) is 5. The Hall–Kier alpha value is -4.21. The third kappa shape index (κ3) is 4.24. The fourth-order valence-corrected chi connectivity index (χ4v) is 5.43. The molecule has 0 spiro atoms. The molecule has 39 heavy (non-hydrogen) atoms. The van der Waals surface area contributed by atoms with Gasteiger partial charge in [-0.15, -0.1) is 0 Å². The van der Waals surface area contributed by atoms with E-state index in [2.05, 4.69) is 47.0 Å². The third-order valence-electron chi connectivity index (χ3n) is 7.39. The molecule has 1 N–H and O–H groups in total. The second-order valence-corrected chi connectivity index (χ2v) is 9.62. The first-order valence-corrected chi connectivity index (χ1v) is 12.9. The average molecular weight is 535 g/mol. The molecule has 5 aromatic rings. The number of halogens is 4. The van der Waals surface area contributed by atoms with E-state index in [-0.39, 0.29) is 11.8 Å². The summed E-state index contributed by atoms with van der Waals surface area (Å²) in [6, 6.07) is 11.3. The van der Waals surface area contributed by atoms with Crippen LogP contribution >= 0.6 is 0 Å². The zero-order valence-corrected chi connectivity index (χ0v) is 21.5. The van der Waals surface area contributed by atoms with Gasteiger partial charge < -0.3 is 9.88 Å². The molecule has 0 saturated heterocycles. The van der Waals surface area contributed by atoms with Crippen LogP contribution in [0.4, 0.5) is 23.5 Å². The van der Waals surface area contributed by atoms with Crippen LogP contribution in [-0.2, 0) is 32.0 Å². The molecule has 0 fully saturated rings. The van der Waals surface area contributed by atoms with Crippen molar-refractivity contribution < 1.29 is 17.6 Å². The van der Waals surface area contributed by atoms with Crippen LogP contribution in [0.3, 0.4) is 0 Å². The summed E-state index contributed by atoms with van der Waals surface area (Å²) in [6.45, 7) is 5.07. The highest BCUT2D eigenvalue weighted by Gasteiger charge is 2.33. The number of hydrogen-bond acceptors (Lipinski definition) is 4. The topological polar surface area (TPSA) is 62.6 Å². The van der Waals surface area contributed by atoms with Gasteiger partial charge in [-0.3, -0.25) is 0 Å². The quantitative estimate of drug-likeness (QED) is 0.256. The van der Waals surface area contributed by atoms with Gasteiger partial charge in [0.2, 0.25) is 5.95 Å². The molecule has 3 aromatic heterocycles. The summed E-state index contributed by atoms with van der Waals surface area (Å²) in [5.41, 5.74) is 6.30. The molecule has 0 radical (unpaired) electrons. The van der Waals surface area contributed by atoms with Crippen molar-refractivity contribution in [2.45, 2.75) is 45.8 Å². The summed E-state index contributed by atoms with van der Waals surface area (Å²) in [6.07, 6.45) is 1.02. The molecule has 1 aliphatic rings. The lowest BCUT2D eigenvalue weighted by atomic mass is 9.97. The van der Waals surface area contributed by atoms with Gasteiger partial charge in [0.05, 0.1) is 28.2 Å². The number of nitrogens with one attached hydrogen (secondary N) is 1. The summed E-state index contributed by atoms with van der Waals surface area (Å²) in [5.74, 6) is -0.122. The van der Waals surface area contributed by atoms with E-state index in [1.165, 1.54) is 6.07 Å². The van der Waals surface area contributed by atoms with E-state index in [1.807, 2.05) is 15.6 Å². The van der Waals surface area contributed by atoms with Gasteiger partial charge >= 0.3 is 6.18 Å². The van der Waals surface area contributed by atoms with Crippen LogP contribution in [0.5, 0.6) is 0 Å². The highest BCUT2D eigenvalue weighted by atomic mass is 19.4. The Balaban J connectivity index is 1.55. The van der Waals surface area contributed by atoms with Crippen molar-refractivity contribution in [2.24, 2.45) is 0 Å². The van der Waals surface area contributed by atoms with Crippen molar-refractivity contribution in [3.8, 4) is 16.9 Å². The van der Waals surface area contributed by atoms with Crippen LogP contribution in [0, 0.1) is 5.82 Å². The predicted octanol–water partition coefficient (Wildman–Crippen LogP) is 6.66. The molecular formula is C29H26F4N6. The van der Waals surface area contributed by atoms with Crippen LogP contribution in [0.1, 0.15) is 41.8 Å². The minimum Gasteiger partial charge on any atom is -0.359 e. The Bertz CT molecular complexity index is 1640. The van der Waals surface area contributed by atoms with Crippen molar-refractivity contribution in [3.63, 3.8) is 0 Å². The summed E-state index contributed by atoms with van der Waals surface area (Å²) < 4.78 is 55.9. The summed E-state index contributed by atoms with van der Waals surface area (Å²) in [7, 11) is 0. The molecule has 4 heterocycles. The fraction of sp³-hybridized carbons (Fsp3) is 0.276. The lowest BCUT2D eigenvalue weighted by molar-refractivity contribution is -0.138. The molecule has 6 rings (SSSR count). The smallest absolute Gasteiger partial charge is 0.359 e. The average Bonchev–Trinajstić information content (AvgIpc) is 3.58. The van der Waals surface area contributed by atoms with Gasteiger partial charge in [0.1, 0.15) is 5.82 Å². The van der Waals surface area contributed by atoms with Gasteiger partial charge in [-0.05, 0) is 42.2 Å². The van der Waals surface area contributed by atoms with E-state index < -0.39 is 11.7 Å². The summed E-state index contributed by atoms with van der Waals surface area (Å²) in [5, 5.41) is 5.83. The predicted molar refractivity (Wildman–Crippen MR) is 141 cm³/mol. The number of aryl methyl sites for hydroxylation is 2. The first-order valence-electron chi connectivity index (χ1n) is 12.9. The third-order valence-corrected chi connectivity index (χ3v) is 7.39. The number of anilines is 1. The number of aromatic nitrogens is 5. The van der Waals surface area contributed by atoms with Crippen LogP contribution in [-0.4, -0.2) is 31.3 Å². The molecular weight excluding hydrogens is 508 g/mol. The SMILES string of the molecule is CCc1cccc(CC)c1-n1nc2c(c1-c1ccc(F)c3[nH]ccc13)CN(c1ncc(C(F)(F)F)cn1)CC2. The van der Waals surface area contributed by atoms with Crippen molar-refractivity contribution in [2.75, 3.05) is 11.4 Å². The molecule has 0 atom stereocenters. The maximum Gasteiger partial charge on any atom is 0.419 e. The first kappa shape index (κ1) is 25.1. The second-order valence-electron chi connectivity index (χ2n) is 9.62. The van der Waals surface area contributed by atoms with E-state index >= 15 is 0 Å². The van der Waals surface area contributed by atoms with E-state index in [0.717, 1.165) is 70.0 Å². The molecule has 2 aromatic carbocycles. The van der Waals surface area contributed by atoms with E-state index in [4.69, 9.17) is 5.10 Å². The van der Waals surface area contributed by atoms with Crippen LogP contribution in [0.2, 0.25) is 0 Å². The van der Waals surface area contributed by atoms with E-state index in [9.17, 15) is 17.6 Å². The Labute approximate surface area is 222 Å². The molecule has 0 saturated carbocycles. The minimum absolute atomic E-state index is 0.224. The molecule has 1 aliphatic heterocycles. The maximum atomic E-state index is 14.7. The highest BCUT2D eigenvalue weighted by molar-refractivity contribution is 5.96. The Morgan fingerprint density at radius 2 is 1.69 bits per heavy atom. The number of H-pyrrole nitrogens is 1. The number of fused-ring (bicyclic) bond motifs is 2. The monoisotopic (exact) mass is 534 g/mol. The summed E-state index contributed by atoms with van der Waals surface area (Å²) in [4.78, 5) is 12.9. The largest absolute Gasteiger partial charge is 0.419 e. The van der Waals surface area contributed by atoms with Crippen molar-refractivity contribution >= 4 is 16.9 Å². The number of aromatic amines is 1. The molecule has 0 aliphatic carbocycles. The minimum atomic E-state index is -4.50. The number of benzene rings is 2. The van der Waals surface area contributed by atoms with Gasteiger partial charge in [-0.1, -0.05) is 32.0 Å². The molecule has 6 nitrogen and oxygen atoms in total. The number of alkyl halides is 3. The maximum absolute atomic E-state index is 14.7. The van der Waals surface area contributed by atoms with Gasteiger partial charge in [-0.2, -0.15) is 18.3 Å². The normalized spacial score (nSPS) is 13.7.